The van der Waals surface area contributed by atoms with Crippen molar-refractivity contribution in [2.45, 2.75) is 57.4 Å². The Labute approximate surface area is 139 Å². The fourth-order valence-corrected chi connectivity index (χ4v) is 3.92. The van der Waals surface area contributed by atoms with E-state index in [-0.39, 0.29) is 17.9 Å². The van der Waals surface area contributed by atoms with Gasteiger partial charge in [-0.2, -0.15) is 0 Å². The van der Waals surface area contributed by atoms with Gasteiger partial charge < -0.3 is 15.1 Å². The van der Waals surface area contributed by atoms with Crippen molar-refractivity contribution in [1.29, 1.82) is 0 Å². The van der Waals surface area contributed by atoms with E-state index in [1.165, 1.54) is 19.3 Å². The number of amides is 3. The largest absolute Gasteiger partial charge is 0.339 e. The van der Waals surface area contributed by atoms with Crippen LogP contribution in [0.1, 0.15) is 51.4 Å². The molecule has 0 aromatic carbocycles. The molecule has 128 valence electrons. The van der Waals surface area contributed by atoms with Crippen molar-refractivity contribution in [2.24, 2.45) is 5.92 Å². The van der Waals surface area contributed by atoms with E-state index in [1.807, 2.05) is 9.80 Å². The molecule has 1 saturated heterocycles. The van der Waals surface area contributed by atoms with Crippen LogP contribution >= 0.6 is 0 Å². The van der Waals surface area contributed by atoms with Gasteiger partial charge in [-0.3, -0.25) is 4.79 Å². The molecular formula is C18H29N3O2. The average Bonchev–Trinajstić information content (AvgIpc) is 2.63. The summed E-state index contributed by atoms with van der Waals surface area (Å²) in [5.74, 6) is 0.435. The van der Waals surface area contributed by atoms with Crippen LogP contribution in [0, 0.1) is 5.92 Å². The van der Waals surface area contributed by atoms with Gasteiger partial charge in [0.25, 0.3) is 0 Å². The third-order valence-electron chi connectivity index (χ3n) is 5.43. The van der Waals surface area contributed by atoms with Crippen molar-refractivity contribution < 1.29 is 9.59 Å². The molecule has 5 heteroatoms. The highest BCUT2D eigenvalue weighted by Crippen LogP contribution is 2.21. The summed E-state index contributed by atoms with van der Waals surface area (Å²) in [6.45, 7) is 2.67. The zero-order chi connectivity index (χ0) is 16.1. The zero-order valence-electron chi connectivity index (χ0n) is 14.0. The highest BCUT2D eigenvalue weighted by Gasteiger charge is 2.29. The first-order valence-electron chi connectivity index (χ1n) is 9.23. The summed E-state index contributed by atoms with van der Waals surface area (Å²) in [7, 11) is 0. The number of hydrogen-bond donors (Lipinski definition) is 1. The maximum Gasteiger partial charge on any atom is 0.317 e. The second-order valence-electron chi connectivity index (χ2n) is 7.08. The topological polar surface area (TPSA) is 52.7 Å². The summed E-state index contributed by atoms with van der Waals surface area (Å²) >= 11 is 0. The van der Waals surface area contributed by atoms with Gasteiger partial charge in [-0.25, -0.2) is 4.79 Å². The van der Waals surface area contributed by atoms with Gasteiger partial charge in [0.15, 0.2) is 0 Å². The van der Waals surface area contributed by atoms with Crippen molar-refractivity contribution >= 4 is 11.9 Å². The molecule has 1 aliphatic heterocycles. The number of nitrogens with zero attached hydrogens (tertiary/aromatic N) is 2. The van der Waals surface area contributed by atoms with E-state index in [2.05, 4.69) is 17.5 Å². The predicted octanol–water partition coefficient (Wildman–Crippen LogP) is 2.53. The third-order valence-corrected chi connectivity index (χ3v) is 5.43. The van der Waals surface area contributed by atoms with Crippen molar-refractivity contribution in [3.8, 4) is 0 Å². The molecule has 1 N–H and O–H groups in total. The highest BCUT2D eigenvalue weighted by molar-refractivity contribution is 5.80. The lowest BCUT2D eigenvalue weighted by Crippen LogP contribution is -2.55. The SMILES string of the molecule is O=C(NC1CCCCC1)N1CCN(C(=O)[C@@H]2CC=CCC2)CC1. The quantitative estimate of drug-likeness (QED) is 0.795. The van der Waals surface area contributed by atoms with Crippen molar-refractivity contribution in [3.63, 3.8) is 0 Å². The number of piperazine rings is 1. The molecule has 3 aliphatic rings. The number of rotatable bonds is 2. The molecule has 0 aromatic rings. The van der Waals surface area contributed by atoms with Crippen molar-refractivity contribution in [3.05, 3.63) is 12.2 Å². The lowest BCUT2D eigenvalue weighted by molar-refractivity contribution is -0.137. The van der Waals surface area contributed by atoms with Crippen LogP contribution in [0.25, 0.3) is 0 Å². The lowest BCUT2D eigenvalue weighted by atomic mass is 9.93. The summed E-state index contributed by atoms with van der Waals surface area (Å²) in [6.07, 6.45) is 13.1. The summed E-state index contributed by atoms with van der Waals surface area (Å²) in [4.78, 5) is 28.7. The molecule has 1 saturated carbocycles. The normalized spacial score (nSPS) is 26.2. The Morgan fingerprint density at radius 2 is 1.57 bits per heavy atom. The van der Waals surface area contributed by atoms with E-state index in [1.54, 1.807) is 0 Å². The Hall–Kier alpha value is -1.52. The van der Waals surface area contributed by atoms with Gasteiger partial charge in [0, 0.05) is 38.1 Å². The van der Waals surface area contributed by atoms with E-state index in [9.17, 15) is 9.59 Å². The van der Waals surface area contributed by atoms with Crippen molar-refractivity contribution in [2.75, 3.05) is 26.2 Å². The molecule has 5 nitrogen and oxygen atoms in total. The molecule has 3 amide bonds. The molecule has 2 aliphatic carbocycles. The van der Waals surface area contributed by atoms with Gasteiger partial charge in [-0.15, -0.1) is 0 Å². The number of carbonyl (C=O) groups is 2. The maximum atomic E-state index is 12.5. The van der Waals surface area contributed by atoms with Gasteiger partial charge in [-0.1, -0.05) is 31.4 Å². The molecule has 0 bridgehead atoms. The first kappa shape index (κ1) is 16.3. The predicted molar refractivity (Wildman–Crippen MR) is 90.0 cm³/mol. The van der Waals surface area contributed by atoms with E-state index >= 15 is 0 Å². The summed E-state index contributed by atoms with van der Waals surface area (Å²) in [5.41, 5.74) is 0. The van der Waals surface area contributed by atoms with Crippen LogP contribution in [0.3, 0.4) is 0 Å². The van der Waals surface area contributed by atoms with Crippen LogP contribution in [-0.4, -0.2) is 54.0 Å². The Bertz CT molecular complexity index is 449. The standard InChI is InChI=1S/C18H29N3O2/c22-17(15-7-3-1-4-8-15)20-11-13-21(14-12-20)18(23)19-16-9-5-2-6-10-16/h1,3,15-16H,2,4-14H2,(H,19,23)/t15-/m1/s1. The molecule has 2 fully saturated rings. The van der Waals surface area contributed by atoms with Gasteiger partial charge in [0.1, 0.15) is 0 Å². The van der Waals surface area contributed by atoms with Crippen LogP contribution in [-0.2, 0) is 4.79 Å². The molecule has 1 heterocycles. The second kappa shape index (κ2) is 7.84. The number of urea groups is 1. The van der Waals surface area contributed by atoms with Crippen LogP contribution in [0.4, 0.5) is 4.79 Å². The average molecular weight is 319 g/mol. The van der Waals surface area contributed by atoms with Gasteiger partial charge in [0.05, 0.1) is 0 Å². The summed E-state index contributed by atoms with van der Waals surface area (Å²) in [6, 6.07) is 0.412. The Morgan fingerprint density at radius 1 is 0.870 bits per heavy atom. The fraction of sp³-hybridized carbons (Fsp3) is 0.778. The number of hydrogen-bond acceptors (Lipinski definition) is 2. The van der Waals surface area contributed by atoms with E-state index in [0.717, 1.165) is 32.1 Å². The second-order valence-corrected chi connectivity index (χ2v) is 7.08. The monoisotopic (exact) mass is 319 g/mol. The number of allylic oxidation sites excluding steroid dienone is 2. The van der Waals surface area contributed by atoms with Gasteiger partial charge in [0.2, 0.25) is 5.91 Å². The van der Waals surface area contributed by atoms with Gasteiger partial charge in [-0.05, 0) is 32.1 Å². The van der Waals surface area contributed by atoms with Crippen LogP contribution < -0.4 is 5.32 Å². The smallest absolute Gasteiger partial charge is 0.317 e. The molecule has 0 aromatic heterocycles. The minimum atomic E-state index is 0.0598. The fourth-order valence-electron chi connectivity index (χ4n) is 3.92. The first-order valence-corrected chi connectivity index (χ1v) is 9.23. The minimum Gasteiger partial charge on any atom is -0.339 e. The molecule has 23 heavy (non-hydrogen) atoms. The molecular weight excluding hydrogens is 290 g/mol. The van der Waals surface area contributed by atoms with Crippen molar-refractivity contribution in [1.82, 2.24) is 15.1 Å². The third kappa shape index (κ3) is 4.27. The van der Waals surface area contributed by atoms with E-state index < -0.39 is 0 Å². The lowest BCUT2D eigenvalue weighted by Gasteiger charge is -2.37. The zero-order valence-corrected chi connectivity index (χ0v) is 14.0. The number of carbonyl (C=O) groups excluding carboxylic acids is 2. The molecule has 0 unspecified atom stereocenters. The Kier molecular flexibility index (Phi) is 5.57. The van der Waals surface area contributed by atoms with E-state index in [0.29, 0.717) is 32.2 Å². The van der Waals surface area contributed by atoms with Crippen LogP contribution in [0.5, 0.6) is 0 Å². The summed E-state index contributed by atoms with van der Waals surface area (Å²) < 4.78 is 0. The minimum absolute atomic E-state index is 0.0598. The summed E-state index contributed by atoms with van der Waals surface area (Å²) in [5, 5.41) is 3.17. The molecule has 1 atom stereocenters. The first-order chi connectivity index (χ1) is 11.2. The van der Waals surface area contributed by atoms with E-state index in [4.69, 9.17) is 0 Å². The number of nitrogens with one attached hydrogen (secondary N) is 1. The Morgan fingerprint density at radius 3 is 2.22 bits per heavy atom. The molecule has 0 radical (unpaired) electrons. The highest BCUT2D eigenvalue weighted by atomic mass is 16.2. The Balaban J connectivity index is 1.43. The van der Waals surface area contributed by atoms with Crippen LogP contribution in [0.2, 0.25) is 0 Å². The molecule has 0 spiro atoms. The van der Waals surface area contributed by atoms with Gasteiger partial charge >= 0.3 is 6.03 Å². The molecule has 3 rings (SSSR count). The van der Waals surface area contributed by atoms with Crippen LogP contribution in [0.15, 0.2) is 12.2 Å². The maximum absolute atomic E-state index is 12.5.